The van der Waals surface area contributed by atoms with Gasteiger partial charge in [-0.25, -0.2) is 5.01 Å². The highest BCUT2D eigenvalue weighted by Gasteiger charge is 2.34. The zero-order valence-corrected chi connectivity index (χ0v) is 19.9. The lowest BCUT2D eigenvalue weighted by Gasteiger charge is -2.33. The van der Waals surface area contributed by atoms with E-state index in [1.807, 2.05) is 36.4 Å². The average molecular weight is 490 g/mol. The monoisotopic (exact) mass is 489 g/mol. The maximum atomic E-state index is 12.8. The quantitative estimate of drug-likeness (QED) is 0.672. The second-order valence-electron chi connectivity index (χ2n) is 8.27. The molecule has 3 aliphatic rings. The standard InChI is InChI=1S/C24H27N3O4S.ClH/c28-19(14-26-9-11-30-12-10-26)15-31-20-7-5-18(6-8-20)27-23(29)13-17-16-32-22-4-2-1-3-21(22)24(17)25-27;/h1-8,17,19,28H,9-16H2;1H. The third-order valence-corrected chi connectivity index (χ3v) is 7.19. The summed E-state index contributed by atoms with van der Waals surface area (Å²) in [5.41, 5.74) is 2.84. The predicted molar refractivity (Wildman–Crippen MR) is 132 cm³/mol. The van der Waals surface area contributed by atoms with Crippen molar-refractivity contribution in [2.24, 2.45) is 11.0 Å². The number of ether oxygens (including phenoxy) is 2. The first kappa shape index (κ1) is 24.0. The highest BCUT2D eigenvalue weighted by molar-refractivity contribution is 7.99. The van der Waals surface area contributed by atoms with Crippen molar-refractivity contribution >= 4 is 41.5 Å². The summed E-state index contributed by atoms with van der Waals surface area (Å²) in [4.78, 5) is 16.2. The molecule has 0 aromatic heterocycles. The Morgan fingerprint density at radius 1 is 1.15 bits per heavy atom. The van der Waals surface area contributed by atoms with Crippen molar-refractivity contribution in [2.45, 2.75) is 17.4 Å². The number of amides is 1. The Kier molecular flexibility index (Phi) is 7.93. The second kappa shape index (κ2) is 10.9. The zero-order valence-electron chi connectivity index (χ0n) is 18.3. The molecule has 3 heterocycles. The first-order chi connectivity index (χ1) is 15.7. The molecule has 0 spiro atoms. The van der Waals surface area contributed by atoms with Crippen molar-refractivity contribution in [1.29, 1.82) is 0 Å². The molecule has 1 amide bonds. The van der Waals surface area contributed by atoms with Crippen LogP contribution in [-0.4, -0.2) is 72.9 Å². The normalized spacial score (nSPS) is 21.4. The summed E-state index contributed by atoms with van der Waals surface area (Å²) < 4.78 is 11.1. The van der Waals surface area contributed by atoms with Gasteiger partial charge in [0.15, 0.2) is 0 Å². The number of rotatable bonds is 6. The molecule has 0 radical (unpaired) electrons. The van der Waals surface area contributed by atoms with Crippen LogP contribution in [0.4, 0.5) is 5.69 Å². The number of carbonyl (C=O) groups is 1. The molecule has 2 aromatic rings. The molecule has 1 saturated heterocycles. The summed E-state index contributed by atoms with van der Waals surface area (Å²) in [5, 5.41) is 16.5. The number of benzene rings is 2. The van der Waals surface area contributed by atoms with E-state index in [4.69, 9.17) is 14.6 Å². The average Bonchev–Trinajstić information content (AvgIpc) is 2.83. The lowest BCUT2D eigenvalue weighted by Crippen LogP contribution is -2.42. The van der Waals surface area contributed by atoms with Crippen molar-refractivity contribution in [3.05, 3.63) is 54.1 Å². The van der Waals surface area contributed by atoms with E-state index >= 15 is 0 Å². The van der Waals surface area contributed by atoms with Gasteiger partial charge in [-0.1, -0.05) is 18.2 Å². The molecule has 2 unspecified atom stereocenters. The number of nitrogens with zero attached hydrogens (tertiary/aromatic N) is 3. The van der Waals surface area contributed by atoms with Crippen molar-refractivity contribution in [3.8, 4) is 5.75 Å². The second-order valence-corrected chi connectivity index (χ2v) is 9.33. The van der Waals surface area contributed by atoms with Crippen LogP contribution in [-0.2, 0) is 9.53 Å². The molecule has 33 heavy (non-hydrogen) atoms. The SMILES string of the molecule is Cl.O=C1CC2CSc3ccccc3C2=NN1c1ccc(OCC(O)CN2CCOCC2)cc1. The van der Waals surface area contributed by atoms with E-state index in [0.717, 1.165) is 35.8 Å². The highest BCUT2D eigenvalue weighted by atomic mass is 35.5. The smallest absolute Gasteiger partial charge is 0.248 e. The van der Waals surface area contributed by atoms with Crippen LogP contribution in [0.2, 0.25) is 0 Å². The highest BCUT2D eigenvalue weighted by Crippen LogP contribution is 2.37. The van der Waals surface area contributed by atoms with E-state index < -0.39 is 6.10 Å². The predicted octanol–water partition coefficient (Wildman–Crippen LogP) is 3.04. The molecule has 0 saturated carbocycles. The third kappa shape index (κ3) is 5.53. The molecular formula is C24H28ClN3O4S. The maximum Gasteiger partial charge on any atom is 0.248 e. The number of aliphatic hydroxyl groups is 1. The van der Waals surface area contributed by atoms with E-state index in [9.17, 15) is 9.90 Å². The van der Waals surface area contributed by atoms with Crippen LogP contribution in [0.15, 0.2) is 58.5 Å². The Bertz CT molecular complexity index is 997. The molecule has 176 valence electrons. The Morgan fingerprint density at radius 3 is 2.70 bits per heavy atom. The molecule has 3 aliphatic heterocycles. The molecule has 7 nitrogen and oxygen atoms in total. The van der Waals surface area contributed by atoms with E-state index in [0.29, 0.717) is 31.9 Å². The Balaban J connectivity index is 0.00000259. The number of morpholine rings is 1. The summed E-state index contributed by atoms with van der Waals surface area (Å²) in [7, 11) is 0. The molecule has 2 aromatic carbocycles. The number of thioether (sulfide) groups is 1. The maximum absolute atomic E-state index is 12.8. The molecule has 0 aliphatic carbocycles. The van der Waals surface area contributed by atoms with E-state index in [2.05, 4.69) is 17.0 Å². The van der Waals surface area contributed by atoms with Gasteiger partial charge in [-0.2, -0.15) is 5.10 Å². The molecule has 2 atom stereocenters. The molecule has 1 fully saturated rings. The van der Waals surface area contributed by atoms with Gasteiger partial charge in [-0.05, 0) is 30.3 Å². The number of halogens is 1. The minimum absolute atomic E-state index is 0. The minimum Gasteiger partial charge on any atom is -0.491 e. The Hall–Kier alpha value is -2.10. The topological polar surface area (TPSA) is 74.6 Å². The van der Waals surface area contributed by atoms with Crippen molar-refractivity contribution in [1.82, 2.24) is 4.90 Å². The van der Waals surface area contributed by atoms with Gasteiger partial charge in [0.2, 0.25) is 5.91 Å². The zero-order chi connectivity index (χ0) is 21.9. The molecular weight excluding hydrogens is 462 g/mol. The summed E-state index contributed by atoms with van der Waals surface area (Å²) in [6, 6.07) is 15.6. The number of fused-ring (bicyclic) bond motifs is 3. The minimum atomic E-state index is -0.566. The van der Waals surface area contributed by atoms with E-state index in [1.54, 1.807) is 11.8 Å². The van der Waals surface area contributed by atoms with Crippen LogP contribution in [0.5, 0.6) is 5.75 Å². The van der Waals surface area contributed by atoms with Gasteiger partial charge in [0.05, 0.1) is 24.6 Å². The van der Waals surface area contributed by atoms with Gasteiger partial charge in [-0.15, -0.1) is 24.2 Å². The van der Waals surface area contributed by atoms with Gasteiger partial charge in [0, 0.05) is 48.2 Å². The van der Waals surface area contributed by atoms with Crippen molar-refractivity contribution in [3.63, 3.8) is 0 Å². The van der Waals surface area contributed by atoms with Crippen LogP contribution < -0.4 is 9.75 Å². The summed E-state index contributed by atoms with van der Waals surface area (Å²) in [6.07, 6.45) is -0.101. The van der Waals surface area contributed by atoms with Gasteiger partial charge >= 0.3 is 0 Å². The van der Waals surface area contributed by atoms with Gasteiger partial charge < -0.3 is 14.6 Å². The van der Waals surface area contributed by atoms with Crippen LogP contribution in [0.25, 0.3) is 0 Å². The van der Waals surface area contributed by atoms with Gasteiger partial charge in [0.1, 0.15) is 18.5 Å². The van der Waals surface area contributed by atoms with Crippen LogP contribution in [0.1, 0.15) is 12.0 Å². The number of hydrazone groups is 1. The van der Waals surface area contributed by atoms with Gasteiger partial charge in [-0.3, -0.25) is 9.69 Å². The first-order valence-electron chi connectivity index (χ1n) is 11.0. The number of aliphatic hydroxyl groups excluding tert-OH is 1. The number of carbonyl (C=O) groups excluding carboxylic acids is 1. The molecule has 9 heteroatoms. The largest absolute Gasteiger partial charge is 0.491 e. The lowest BCUT2D eigenvalue weighted by atomic mass is 9.93. The molecule has 5 rings (SSSR count). The lowest BCUT2D eigenvalue weighted by molar-refractivity contribution is -0.119. The van der Waals surface area contributed by atoms with Crippen molar-refractivity contribution < 1.29 is 19.4 Å². The first-order valence-corrected chi connectivity index (χ1v) is 12.0. The third-order valence-electron chi connectivity index (χ3n) is 5.95. The summed E-state index contributed by atoms with van der Waals surface area (Å²) >= 11 is 1.80. The van der Waals surface area contributed by atoms with Gasteiger partial charge in [0.25, 0.3) is 0 Å². The fourth-order valence-corrected chi connectivity index (χ4v) is 5.42. The molecule has 1 N–H and O–H groups in total. The van der Waals surface area contributed by atoms with Crippen LogP contribution in [0, 0.1) is 5.92 Å². The fraction of sp³-hybridized carbons (Fsp3) is 0.417. The number of anilines is 1. The van der Waals surface area contributed by atoms with Crippen LogP contribution >= 0.6 is 24.2 Å². The van der Waals surface area contributed by atoms with E-state index in [-0.39, 0.29) is 30.8 Å². The molecule has 0 bridgehead atoms. The Labute approximate surface area is 204 Å². The Morgan fingerprint density at radius 2 is 1.91 bits per heavy atom. The number of hydrogen-bond donors (Lipinski definition) is 1. The number of β-amino-alcohol motifs (C(OH)–C–C–N with tert-alkyl or cyclic N) is 1. The fourth-order valence-electron chi connectivity index (χ4n) is 4.26. The van der Waals surface area contributed by atoms with Crippen LogP contribution in [0.3, 0.4) is 0 Å². The number of hydrogen-bond acceptors (Lipinski definition) is 7. The summed E-state index contributed by atoms with van der Waals surface area (Å²) in [5.74, 6) is 1.71. The summed E-state index contributed by atoms with van der Waals surface area (Å²) in [6.45, 7) is 3.88. The van der Waals surface area contributed by atoms with Crippen molar-refractivity contribution in [2.75, 3.05) is 50.2 Å². The van der Waals surface area contributed by atoms with E-state index in [1.165, 1.54) is 9.90 Å².